The van der Waals surface area contributed by atoms with E-state index in [9.17, 15) is 22.8 Å². The average Bonchev–Trinajstić information content (AvgIpc) is 3.04. The van der Waals surface area contributed by atoms with Crippen molar-refractivity contribution in [1.29, 1.82) is 0 Å². The number of hydrogen-bond acceptors (Lipinski definition) is 6. The summed E-state index contributed by atoms with van der Waals surface area (Å²) in [5.41, 5.74) is -1.14. The third kappa shape index (κ3) is 3.65. The van der Waals surface area contributed by atoms with Crippen molar-refractivity contribution in [2.45, 2.75) is 31.1 Å². The number of carbonyl (C=O) groups is 2. The minimum Gasteiger partial charge on any atom is -0.358 e. The Hall–Kier alpha value is -2.59. The van der Waals surface area contributed by atoms with Gasteiger partial charge in [-0.25, -0.2) is 4.98 Å². The Morgan fingerprint density at radius 3 is 2.00 bits per heavy atom. The first-order valence-electron chi connectivity index (χ1n) is 8.14. The van der Waals surface area contributed by atoms with Crippen LogP contribution in [-0.2, 0) is 15.8 Å². The molecule has 3 heterocycles. The number of amides is 2. The maximum absolute atomic E-state index is 13.2. The third-order valence-electron chi connectivity index (χ3n) is 4.50. The van der Waals surface area contributed by atoms with E-state index < -0.39 is 24.0 Å². The first-order chi connectivity index (χ1) is 12.1. The van der Waals surface area contributed by atoms with Gasteiger partial charge in [0.1, 0.15) is 17.9 Å². The monoisotopic (exact) mass is 372 g/mol. The molecule has 2 aliphatic heterocycles. The van der Waals surface area contributed by atoms with Crippen molar-refractivity contribution in [2.75, 3.05) is 37.8 Å². The molecule has 2 fully saturated rings. The van der Waals surface area contributed by atoms with Crippen molar-refractivity contribution in [3.63, 3.8) is 0 Å². The highest BCUT2D eigenvalue weighted by atomic mass is 19.4. The maximum atomic E-state index is 13.2. The van der Waals surface area contributed by atoms with Crippen LogP contribution in [-0.4, -0.2) is 70.9 Å². The van der Waals surface area contributed by atoms with Gasteiger partial charge in [0, 0.05) is 33.3 Å². The number of nitrogens with zero attached hydrogens (tertiary/aromatic N) is 4. The predicted molar refractivity (Wildman–Crippen MR) is 86.4 cm³/mol. The molecule has 1 aromatic rings. The lowest BCUT2D eigenvalue weighted by molar-refractivity contribution is -0.141. The van der Waals surface area contributed by atoms with E-state index in [-0.39, 0.29) is 23.6 Å². The van der Waals surface area contributed by atoms with Crippen LogP contribution in [0.25, 0.3) is 0 Å². The Labute approximate surface area is 147 Å². The summed E-state index contributed by atoms with van der Waals surface area (Å²) < 4.78 is 39.5. The molecule has 2 N–H and O–H groups in total. The summed E-state index contributed by atoms with van der Waals surface area (Å²) in [6.07, 6.45) is -3.76. The molecule has 2 amide bonds. The van der Waals surface area contributed by atoms with E-state index in [4.69, 9.17) is 0 Å². The van der Waals surface area contributed by atoms with E-state index in [1.165, 1.54) is 9.80 Å². The first kappa shape index (κ1) is 18.2. The van der Waals surface area contributed by atoms with E-state index in [0.717, 1.165) is 6.07 Å². The van der Waals surface area contributed by atoms with Gasteiger partial charge in [-0.2, -0.15) is 18.2 Å². The smallest absolute Gasteiger partial charge is 0.358 e. The highest BCUT2D eigenvalue weighted by molar-refractivity contribution is 5.87. The van der Waals surface area contributed by atoms with Gasteiger partial charge in [-0.3, -0.25) is 9.59 Å². The van der Waals surface area contributed by atoms with Gasteiger partial charge in [0.05, 0.1) is 0 Å². The van der Waals surface area contributed by atoms with Gasteiger partial charge in [0.15, 0.2) is 5.69 Å². The summed E-state index contributed by atoms with van der Waals surface area (Å²) in [4.78, 5) is 34.4. The minimum atomic E-state index is -4.68. The van der Waals surface area contributed by atoms with E-state index in [2.05, 4.69) is 20.6 Å². The van der Waals surface area contributed by atoms with Crippen LogP contribution in [0.15, 0.2) is 6.07 Å². The Kier molecular flexibility index (Phi) is 4.63. The van der Waals surface area contributed by atoms with Crippen LogP contribution in [0.3, 0.4) is 0 Å². The quantitative estimate of drug-likeness (QED) is 0.812. The second-order valence-corrected chi connectivity index (χ2v) is 6.45. The molecule has 2 saturated heterocycles. The predicted octanol–water partition coefficient (Wildman–Crippen LogP) is 0.781. The van der Waals surface area contributed by atoms with Gasteiger partial charge < -0.3 is 20.4 Å². The van der Waals surface area contributed by atoms with Crippen LogP contribution in [0.4, 0.5) is 24.9 Å². The summed E-state index contributed by atoms with van der Waals surface area (Å²) >= 11 is 0. The molecule has 2 unspecified atom stereocenters. The highest BCUT2D eigenvalue weighted by Crippen LogP contribution is 2.30. The lowest BCUT2D eigenvalue weighted by Gasteiger charge is -2.17. The second kappa shape index (κ2) is 6.61. The molecule has 142 valence electrons. The molecule has 0 radical (unpaired) electrons. The molecule has 8 nitrogen and oxygen atoms in total. The SMILES string of the molecule is CN1CCC(Nc2cc(C(F)(F)F)nc(NC3CCN(C)C3=O)n2)C1=O. The minimum absolute atomic E-state index is 0.109. The lowest BCUT2D eigenvalue weighted by atomic mass is 10.2. The van der Waals surface area contributed by atoms with Crippen LogP contribution >= 0.6 is 0 Å². The zero-order chi connectivity index (χ0) is 19.1. The van der Waals surface area contributed by atoms with Gasteiger partial charge in [-0.05, 0) is 12.8 Å². The summed E-state index contributed by atoms with van der Waals surface area (Å²) in [5, 5.41) is 5.41. The number of rotatable bonds is 4. The van der Waals surface area contributed by atoms with Crippen molar-refractivity contribution in [3.8, 4) is 0 Å². The molecular weight excluding hydrogens is 353 g/mol. The molecule has 3 rings (SSSR count). The Balaban J connectivity index is 1.84. The standard InChI is InChI=1S/C15H19F3N6O2/c1-23-5-3-8(12(23)25)19-11-7-10(15(16,17)18)21-14(22-11)20-9-4-6-24(2)13(9)26/h7-9H,3-6H2,1-2H3,(H2,19,20,21,22). The fourth-order valence-corrected chi connectivity index (χ4v) is 2.98. The molecule has 0 bridgehead atoms. The van der Waals surface area contributed by atoms with Crippen LogP contribution in [0.5, 0.6) is 0 Å². The van der Waals surface area contributed by atoms with Crippen molar-refractivity contribution in [3.05, 3.63) is 11.8 Å². The topological polar surface area (TPSA) is 90.5 Å². The van der Waals surface area contributed by atoms with E-state index in [1.807, 2.05) is 0 Å². The third-order valence-corrected chi connectivity index (χ3v) is 4.50. The normalized spacial score (nSPS) is 23.7. The molecule has 11 heteroatoms. The molecule has 0 spiro atoms. The van der Waals surface area contributed by atoms with Gasteiger partial charge in [-0.1, -0.05) is 0 Å². The number of aromatic nitrogens is 2. The number of carbonyl (C=O) groups excluding carboxylic acids is 2. The van der Waals surface area contributed by atoms with Gasteiger partial charge >= 0.3 is 6.18 Å². The average molecular weight is 372 g/mol. The van der Waals surface area contributed by atoms with Crippen LogP contribution in [0.2, 0.25) is 0 Å². The number of likely N-dealkylation sites (tertiary alicyclic amines) is 2. The number of likely N-dealkylation sites (N-methyl/N-ethyl adjacent to an activating group) is 2. The van der Waals surface area contributed by atoms with Crippen molar-refractivity contribution in [2.24, 2.45) is 0 Å². The second-order valence-electron chi connectivity index (χ2n) is 6.45. The Morgan fingerprint density at radius 1 is 1.00 bits per heavy atom. The summed E-state index contributed by atoms with van der Waals surface area (Å²) in [6.45, 7) is 1.02. The van der Waals surface area contributed by atoms with Crippen molar-refractivity contribution < 1.29 is 22.8 Å². The molecule has 1 aromatic heterocycles. The maximum Gasteiger partial charge on any atom is 0.433 e. The number of halogens is 3. The van der Waals surface area contributed by atoms with Gasteiger partial charge in [0.2, 0.25) is 17.8 Å². The van der Waals surface area contributed by atoms with Crippen LogP contribution < -0.4 is 10.6 Å². The van der Waals surface area contributed by atoms with E-state index >= 15 is 0 Å². The Morgan fingerprint density at radius 2 is 1.54 bits per heavy atom. The zero-order valence-corrected chi connectivity index (χ0v) is 14.3. The van der Waals surface area contributed by atoms with Crippen molar-refractivity contribution in [1.82, 2.24) is 19.8 Å². The van der Waals surface area contributed by atoms with E-state index in [1.54, 1.807) is 14.1 Å². The number of alkyl halides is 3. The number of nitrogens with one attached hydrogen (secondary N) is 2. The molecular formula is C15H19F3N6O2. The van der Waals surface area contributed by atoms with Crippen molar-refractivity contribution >= 4 is 23.6 Å². The molecule has 2 atom stereocenters. The molecule has 26 heavy (non-hydrogen) atoms. The first-order valence-corrected chi connectivity index (χ1v) is 8.14. The summed E-state index contributed by atoms with van der Waals surface area (Å²) in [7, 11) is 3.24. The highest BCUT2D eigenvalue weighted by Gasteiger charge is 2.36. The number of hydrogen-bond donors (Lipinski definition) is 2. The van der Waals surface area contributed by atoms with Crippen LogP contribution in [0, 0.1) is 0 Å². The summed E-state index contributed by atoms with van der Waals surface area (Å²) in [5.74, 6) is -0.843. The fraction of sp³-hybridized carbons (Fsp3) is 0.600. The van der Waals surface area contributed by atoms with E-state index in [0.29, 0.717) is 25.9 Å². The zero-order valence-electron chi connectivity index (χ0n) is 14.3. The van der Waals surface area contributed by atoms with Gasteiger partial charge in [0.25, 0.3) is 0 Å². The lowest BCUT2D eigenvalue weighted by Crippen LogP contribution is -2.33. The largest absolute Gasteiger partial charge is 0.433 e. The van der Waals surface area contributed by atoms with Crippen LogP contribution in [0.1, 0.15) is 18.5 Å². The summed E-state index contributed by atoms with van der Waals surface area (Å²) in [6, 6.07) is -0.544. The molecule has 0 aromatic carbocycles. The molecule has 2 aliphatic rings. The Bertz CT molecular complexity index is 676. The molecule has 0 saturated carbocycles. The fourth-order valence-electron chi connectivity index (χ4n) is 2.98. The molecule has 0 aliphatic carbocycles. The van der Waals surface area contributed by atoms with Gasteiger partial charge in [-0.15, -0.1) is 0 Å². The number of anilines is 2.